The molecule has 6 nitrogen and oxygen atoms in total. The molecule has 0 aliphatic carbocycles. The Bertz CT molecular complexity index is 842. The Balaban J connectivity index is 0.00000208. The summed E-state index contributed by atoms with van der Waals surface area (Å²) in [7, 11) is 1.63. The maximum atomic E-state index is 5.92. The van der Waals surface area contributed by atoms with E-state index in [2.05, 4.69) is 15.3 Å². The highest BCUT2D eigenvalue weighted by Gasteiger charge is 2.03. The van der Waals surface area contributed by atoms with Gasteiger partial charge in [0.05, 0.1) is 19.3 Å². The number of nitrogens with one attached hydrogen (secondary N) is 1. The highest BCUT2D eigenvalue weighted by Crippen LogP contribution is 2.15. The first-order valence-corrected chi connectivity index (χ1v) is 7.30. The predicted octanol–water partition coefficient (Wildman–Crippen LogP) is 3.20. The molecule has 0 spiro atoms. The molecule has 0 unspecified atom stereocenters. The zero-order valence-electron chi connectivity index (χ0n) is 13.6. The van der Waals surface area contributed by atoms with Crippen LogP contribution in [0.2, 0.25) is 0 Å². The Kier molecular flexibility index (Phi) is 6.02. The fraction of sp³-hybridized carbons (Fsp3) is 0.176. The molecule has 0 fully saturated rings. The number of nitrogens with zero attached hydrogens (tertiary/aromatic N) is 3. The molecule has 3 N–H and O–H groups in total. The molecule has 3 rings (SSSR count). The predicted molar refractivity (Wildman–Crippen MR) is 107 cm³/mol. The zero-order valence-corrected chi connectivity index (χ0v) is 15.9. The van der Waals surface area contributed by atoms with Crippen LogP contribution in [0.5, 0.6) is 5.75 Å². The maximum absolute atomic E-state index is 5.92. The first kappa shape index (κ1) is 18.1. The van der Waals surface area contributed by atoms with E-state index in [0.717, 1.165) is 28.5 Å². The number of aliphatic imine (C=N–C) groups is 1. The number of pyridine rings is 1. The van der Waals surface area contributed by atoms with E-state index >= 15 is 0 Å². The summed E-state index contributed by atoms with van der Waals surface area (Å²) < 4.78 is 7.16. The molecular weight excluding hydrogens is 417 g/mol. The van der Waals surface area contributed by atoms with E-state index in [-0.39, 0.29) is 24.0 Å². The molecular formula is C17H20IN5O. The standard InChI is InChI=1S/C17H19N5O.HI/c1-12-4-3-5-16-20-14(11-22(12)16)10-19-17(18)21-13-6-8-15(23-2)9-7-13;/h3-9,11H,10H2,1-2H3,(H3,18,19,21);1H. The van der Waals surface area contributed by atoms with Crippen molar-refractivity contribution in [1.29, 1.82) is 0 Å². The summed E-state index contributed by atoms with van der Waals surface area (Å²) in [4.78, 5) is 8.86. The number of fused-ring (bicyclic) bond motifs is 1. The number of guanidine groups is 1. The van der Waals surface area contributed by atoms with Crippen LogP contribution >= 0.6 is 24.0 Å². The molecule has 0 saturated carbocycles. The fourth-order valence-electron chi connectivity index (χ4n) is 2.30. The van der Waals surface area contributed by atoms with Gasteiger partial charge in [-0.05, 0) is 43.3 Å². The van der Waals surface area contributed by atoms with Crippen LogP contribution in [-0.2, 0) is 6.54 Å². The van der Waals surface area contributed by atoms with E-state index < -0.39 is 0 Å². The van der Waals surface area contributed by atoms with Gasteiger partial charge in [-0.25, -0.2) is 9.98 Å². The van der Waals surface area contributed by atoms with Crippen LogP contribution in [0.4, 0.5) is 5.69 Å². The van der Waals surface area contributed by atoms with Crippen molar-refractivity contribution in [2.75, 3.05) is 12.4 Å². The second kappa shape index (κ2) is 8.00. The van der Waals surface area contributed by atoms with E-state index in [0.29, 0.717) is 12.5 Å². The third kappa shape index (κ3) is 4.16. The minimum Gasteiger partial charge on any atom is -0.497 e. The molecule has 3 aromatic rings. The van der Waals surface area contributed by atoms with Gasteiger partial charge in [0.2, 0.25) is 0 Å². The lowest BCUT2D eigenvalue weighted by molar-refractivity contribution is 0.415. The van der Waals surface area contributed by atoms with Gasteiger partial charge in [-0.2, -0.15) is 0 Å². The van der Waals surface area contributed by atoms with E-state index in [1.807, 2.05) is 60.0 Å². The van der Waals surface area contributed by atoms with E-state index in [1.165, 1.54) is 0 Å². The summed E-state index contributed by atoms with van der Waals surface area (Å²) >= 11 is 0. The number of rotatable bonds is 4. The second-order valence-electron chi connectivity index (χ2n) is 5.18. The first-order chi connectivity index (χ1) is 11.2. The Morgan fingerprint density at radius 3 is 2.67 bits per heavy atom. The number of anilines is 1. The topological polar surface area (TPSA) is 76.9 Å². The molecule has 0 saturated heterocycles. The van der Waals surface area contributed by atoms with Gasteiger partial charge >= 0.3 is 0 Å². The van der Waals surface area contributed by atoms with Crippen molar-refractivity contribution in [3.63, 3.8) is 0 Å². The van der Waals surface area contributed by atoms with Crippen molar-refractivity contribution in [1.82, 2.24) is 9.38 Å². The van der Waals surface area contributed by atoms with Crippen LogP contribution in [-0.4, -0.2) is 22.5 Å². The second-order valence-corrected chi connectivity index (χ2v) is 5.18. The maximum Gasteiger partial charge on any atom is 0.193 e. The van der Waals surface area contributed by atoms with Gasteiger partial charge in [0, 0.05) is 17.6 Å². The number of aryl methyl sites for hydroxylation is 1. The van der Waals surface area contributed by atoms with Crippen LogP contribution in [0.25, 0.3) is 5.65 Å². The lowest BCUT2D eigenvalue weighted by Gasteiger charge is -2.06. The van der Waals surface area contributed by atoms with Gasteiger partial charge in [0.25, 0.3) is 0 Å². The van der Waals surface area contributed by atoms with Gasteiger partial charge in [-0.3, -0.25) is 0 Å². The average molecular weight is 437 g/mol. The molecule has 24 heavy (non-hydrogen) atoms. The van der Waals surface area contributed by atoms with Crippen LogP contribution in [0.3, 0.4) is 0 Å². The molecule has 2 heterocycles. The van der Waals surface area contributed by atoms with Gasteiger partial charge in [0.1, 0.15) is 11.4 Å². The molecule has 7 heteroatoms. The van der Waals surface area contributed by atoms with Crippen molar-refractivity contribution >= 4 is 41.3 Å². The van der Waals surface area contributed by atoms with Crippen LogP contribution in [0.1, 0.15) is 11.4 Å². The van der Waals surface area contributed by atoms with Crippen LogP contribution < -0.4 is 15.8 Å². The quantitative estimate of drug-likeness (QED) is 0.374. The third-order valence-electron chi connectivity index (χ3n) is 3.52. The van der Waals surface area contributed by atoms with Crippen molar-refractivity contribution in [3.8, 4) is 5.75 Å². The van der Waals surface area contributed by atoms with Gasteiger partial charge in [-0.1, -0.05) is 6.07 Å². The summed E-state index contributed by atoms with van der Waals surface area (Å²) in [5.41, 5.74) is 9.70. The number of hydrogen-bond donors (Lipinski definition) is 2. The Morgan fingerprint density at radius 1 is 1.25 bits per heavy atom. The summed E-state index contributed by atoms with van der Waals surface area (Å²) in [6.07, 6.45) is 1.98. The van der Waals surface area contributed by atoms with Crippen LogP contribution in [0.15, 0.2) is 53.7 Å². The Hall–Kier alpha value is -2.29. The largest absolute Gasteiger partial charge is 0.497 e. The summed E-state index contributed by atoms with van der Waals surface area (Å²) in [5, 5.41) is 3.05. The van der Waals surface area contributed by atoms with E-state index in [9.17, 15) is 0 Å². The molecule has 126 valence electrons. The molecule has 0 radical (unpaired) electrons. The highest BCUT2D eigenvalue weighted by atomic mass is 127. The molecule has 0 aliphatic heterocycles. The van der Waals surface area contributed by atoms with Crippen molar-refractivity contribution in [2.45, 2.75) is 13.5 Å². The highest BCUT2D eigenvalue weighted by molar-refractivity contribution is 14.0. The average Bonchev–Trinajstić information content (AvgIpc) is 2.98. The van der Waals surface area contributed by atoms with Gasteiger partial charge in [-0.15, -0.1) is 24.0 Å². The number of methoxy groups -OCH3 is 1. The lowest BCUT2D eigenvalue weighted by Crippen LogP contribution is -2.22. The van der Waals surface area contributed by atoms with Crippen molar-refractivity contribution in [3.05, 3.63) is 60.0 Å². The van der Waals surface area contributed by atoms with Crippen LogP contribution in [0, 0.1) is 6.92 Å². The van der Waals surface area contributed by atoms with Gasteiger partial charge < -0.3 is 20.2 Å². The molecule has 0 aliphatic rings. The molecule has 1 aromatic carbocycles. The number of imidazole rings is 1. The summed E-state index contributed by atoms with van der Waals surface area (Å²) in [6.45, 7) is 2.47. The summed E-state index contributed by atoms with van der Waals surface area (Å²) in [6, 6.07) is 13.5. The smallest absolute Gasteiger partial charge is 0.193 e. The number of ether oxygens (including phenoxy) is 1. The SMILES string of the molecule is COc1ccc(NC(N)=NCc2cn3c(C)cccc3n2)cc1.I. The minimum absolute atomic E-state index is 0. The van der Waals surface area contributed by atoms with E-state index in [4.69, 9.17) is 10.5 Å². The normalized spacial score (nSPS) is 11.2. The third-order valence-corrected chi connectivity index (χ3v) is 3.52. The van der Waals surface area contributed by atoms with Crippen molar-refractivity contribution in [2.24, 2.45) is 10.7 Å². The zero-order chi connectivity index (χ0) is 16.2. The number of hydrogen-bond acceptors (Lipinski definition) is 3. The number of nitrogens with two attached hydrogens (primary N) is 1. The molecule has 0 bridgehead atoms. The van der Waals surface area contributed by atoms with Gasteiger partial charge in [0.15, 0.2) is 5.96 Å². The molecule has 2 aromatic heterocycles. The van der Waals surface area contributed by atoms with Crippen molar-refractivity contribution < 1.29 is 4.74 Å². The summed E-state index contributed by atoms with van der Waals surface area (Å²) in [5.74, 6) is 1.15. The monoisotopic (exact) mass is 437 g/mol. The Morgan fingerprint density at radius 2 is 2.00 bits per heavy atom. The fourth-order valence-corrected chi connectivity index (χ4v) is 2.30. The number of benzene rings is 1. The number of aromatic nitrogens is 2. The molecule has 0 atom stereocenters. The molecule has 0 amide bonds. The lowest BCUT2D eigenvalue weighted by atomic mass is 10.3. The Labute approximate surface area is 157 Å². The number of halogens is 1. The minimum atomic E-state index is 0. The first-order valence-electron chi connectivity index (χ1n) is 7.30. The van der Waals surface area contributed by atoms with E-state index in [1.54, 1.807) is 7.11 Å².